The van der Waals surface area contributed by atoms with Gasteiger partial charge < -0.3 is 28.4 Å². The largest absolute Gasteiger partial charge is 0.496 e. The Morgan fingerprint density at radius 2 is 1.26 bits per heavy atom. The molecular weight excluding hydrogens is 573 g/mol. The average molecular weight is 623 g/mol. The van der Waals surface area contributed by atoms with Crippen molar-refractivity contribution >= 4 is 28.3 Å². The highest BCUT2D eigenvalue weighted by atomic mass is 28.3. The van der Waals surface area contributed by atoms with E-state index in [4.69, 9.17) is 28.4 Å². The van der Waals surface area contributed by atoms with Crippen LogP contribution >= 0.6 is 0 Å². The number of hydrogen-bond acceptors (Lipinski definition) is 6. The van der Waals surface area contributed by atoms with Gasteiger partial charge in [-0.2, -0.15) is 0 Å². The van der Waals surface area contributed by atoms with Crippen LogP contribution in [0.25, 0.3) is 12.2 Å². The third kappa shape index (κ3) is 12.6. The molecule has 0 aromatic heterocycles. The van der Waals surface area contributed by atoms with Crippen molar-refractivity contribution < 1.29 is 28.4 Å². The van der Waals surface area contributed by atoms with Gasteiger partial charge in [0.15, 0.2) is 25.1 Å². The molecule has 0 atom stereocenters. The summed E-state index contributed by atoms with van der Waals surface area (Å²) in [6.07, 6.45) is 4.88. The number of hydrogen-bond donors (Lipinski definition) is 0. The van der Waals surface area contributed by atoms with Gasteiger partial charge in [-0.3, -0.25) is 0 Å². The second-order valence-electron chi connectivity index (χ2n) is 13.1. The predicted molar refractivity (Wildman–Crippen MR) is 183 cm³/mol. The summed E-state index contributed by atoms with van der Waals surface area (Å²) in [7, 11) is 1.06. The maximum absolute atomic E-state index is 6.02. The van der Waals surface area contributed by atoms with Crippen molar-refractivity contribution in [2.24, 2.45) is 0 Å². The Morgan fingerprint density at radius 1 is 0.628 bits per heavy atom. The van der Waals surface area contributed by atoms with Crippen LogP contribution in [0.2, 0.25) is 51.4 Å². The van der Waals surface area contributed by atoms with Gasteiger partial charge in [-0.05, 0) is 47.0 Å². The fourth-order valence-corrected chi connectivity index (χ4v) is 5.74. The first kappa shape index (κ1) is 34.4. The molecule has 0 radical (unpaired) electrons. The molecule has 3 aromatic carbocycles. The Balaban J connectivity index is 1.79. The Labute approximate surface area is 261 Å². The number of ether oxygens (including phenoxy) is 6. The average Bonchev–Trinajstić information content (AvgIpc) is 2.96. The van der Waals surface area contributed by atoms with Crippen molar-refractivity contribution in [2.75, 3.05) is 41.0 Å². The van der Waals surface area contributed by atoms with Crippen LogP contribution in [0.4, 0.5) is 0 Å². The van der Waals surface area contributed by atoms with Gasteiger partial charge in [-0.1, -0.05) is 87.8 Å². The van der Waals surface area contributed by atoms with Gasteiger partial charge >= 0.3 is 0 Å². The molecule has 0 fully saturated rings. The highest BCUT2D eigenvalue weighted by molar-refractivity contribution is 6.76. The lowest BCUT2D eigenvalue weighted by molar-refractivity contribution is 0.0205. The highest BCUT2D eigenvalue weighted by Crippen LogP contribution is 2.33. The van der Waals surface area contributed by atoms with Gasteiger partial charge in [-0.25, -0.2) is 0 Å². The zero-order valence-corrected chi connectivity index (χ0v) is 29.3. The minimum atomic E-state index is -1.16. The third-order valence-corrected chi connectivity index (χ3v) is 10.3. The first-order chi connectivity index (χ1) is 20.5. The molecule has 0 unspecified atom stereocenters. The summed E-state index contributed by atoms with van der Waals surface area (Å²) in [5.74, 6) is 2.80. The minimum Gasteiger partial charge on any atom is -0.496 e. The molecule has 43 heavy (non-hydrogen) atoms. The molecule has 0 spiro atoms. The molecule has 0 aliphatic rings. The Kier molecular flexibility index (Phi) is 13.4. The minimum absolute atomic E-state index is 0.202. The molecule has 234 valence electrons. The van der Waals surface area contributed by atoms with Crippen molar-refractivity contribution in [2.45, 2.75) is 57.8 Å². The second kappa shape index (κ2) is 16.7. The summed E-state index contributed by atoms with van der Waals surface area (Å²) in [4.78, 5) is 0. The molecule has 0 aliphatic heterocycles. The lowest BCUT2D eigenvalue weighted by Gasteiger charge is -2.17. The van der Waals surface area contributed by atoms with E-state index in [1.807, 2.05) is 36.4 Å². The van der Waals surface area contributed by atoms with Gasteiger partial charge in [0, 0.05) is 47.4 Å². The highest BCUT2D eigenvalue weighted by Gasteiger charge is 2.15. The van der Waals surface area contributed by atoms with Crippen molar-refractivity contribution in [1.29, 1.82) is 0 Å². The van der Waals surface area contributed by atoms with Crippen molar-refractivity contribution in [3.05, 3.63) is 82.9 Å². The van der Waals surface area contributed by atoms with E-state index in [1.165, 1.54) is 5.56 Å². The van der Waals surface area contributed by atoms with Crippen LogP contribution in [0.1, 0.15) is 22.3 Å². The lowest BCUT2D eigenvalue weighted by atomic mass is 9.97. The van der Waals surface area contributed by atoms with Crippen LogP contribution in [0.15, 0.2) is 60.7 Å². The number of benzene rings is 3. The smallest absolute Gasteiger partial charge is 0.189 e. The van der Waals surface area contributed by atoms with Gasteiger partial charge in [-0.15, -0.1) is 0 Å². The normalized spacial score (nSPS) is 12.0. The molecule has 3 aromatic rings. The summed E-state index contributed by atoms with van der Waals surface area (Å²) in [5.41, 5.74) is 4.28. The molecule has 0 N–H and O–H groups in total. The van der Waals surface area contributed by atoms with Crippen LogP contribution < -0.4 is 18.9 Å². The molecule has 0 aliphatic carbocycles. The Bertz CT molecular complexity index is 1300. The van der Waals surface area contributed by atoms with E-state index in [0.29, 0.717) is 30.5 Å². The maximum Gasteiger partial charge on any atom is 0.189 e. The molecule has 6 nitrogen and oxygen atoms in total. The van der Waals surface area contributed by atoms with E-state index < -0.39 is 16.1 Å². The van der Waals surface area contributed by atoms with Crippen molar-refractivity contribution in [3.63, 3.8) is 0 Å². The molecule has 0 saturated heterocycles. The van der Waals surface area contributed by atoms with Crippen molar-refractivity contribution in [3.8, 4) is 23.0 Å². The molecule has 8 heteroatoms. The first-order valence-corrected chi connectivity index (χ1v) is 22.4. The molecule has 0 bridgehead atoms. The molecule has 0 heterocycles. The van der Waals surface area contributed by atoms with Gasteiger partial charge in [0.25, 0.3) is 0 Å². The maximum atomic E-state index is 6.02. The summed E-state index contributed by atoms with van der Waals surface area (Å²) in [5, 5.41) is 0. The van der Waals surface area contributed by atoms with E-state index in [2.05, 4.69) is 75.7 Å². The molecule has 0 saturated carbocycles. The van der Waals surface area contributed by atoms with Gasteiger partial charge in [0.05, 0.1) is 14.2 Å². The monoisotopic (exact) mass is 622 g/mol. The number of rotatable bonds is 18. The van der Waals surface area contributed by atoms with Gasteiger partial charge in [0.1, 0.15) is 11.5 Å². The van der Waals surface area contributed by atoms with E-state index in [9.17, 15) is 0 Å². The van der Waals surface area contributed by atoms with E-state index in [-0.39, 0.29) is 13.6 Å². The third-order valence-electron chi connectivity index (χ3n) is 6.90. The van der Waals surface area contributed by atoms with Crippen LogP contribution in [0.3, 0.4) is 0 Å². The van der Waals surface area contributed by atoms with E-state index in [0.717, 1.165) is 40.9 Å². The fraction of sp³-hybridized carbons (Fsp3) is 0.429. The topological polar surface area (TPSA) is 55.4 Å². The molecule has 0 amide bonds. The van der Waals surface area contributed by atoms with Gasteiger partial charge in [0.2, 0.25) is 0 Å². The van der Waals surface area contributed by atoms with Crippen LogP contribution in [0, 0.1) is 0 Å². The number of methoxy groups -OCH3 is 2. The SMILES string of the molecule is COc1cc(C=Cc2cc(OCOCC[Si](C)(C)C)cc(OC)c2Cc2ccccc2)ccc1OCOCC[Si](C)(C)C. The molecule has 3 rings (SSSR count). The predicted octanol–water partition coefficient (Wildman–Crippen LogP) is 8.85. The first-order valence-electron chi connectivity index (χ1n) is 15.0. The summed E-state index contributed by atoms with van der Waals surface area (Å²) < 4.78 is 34.9. The summed E-state index contributed by atoms with van der Waals surface area (Å²) in [6.45, 7) is 15.8. The van der Waals surface area contributed by atoms with Crippen LogP contribution in [0.5, 0.6) is 23.0 Å². The zero-order valence-electron chi connectivity index (χ0n) is 27.3. The quantitative estimate of drug-likeness (QED) is 0.0611. The van der Waals surface area contributed by atoms with E-state index >= 15 is 0 Å². The van der Waals surface area contributed by atoms with Crippen LogP contribution in [-0.4, -0.2) is 57.2 Å². The van der Waals surface area contributed by atoms with Crippen molar-refractivity contribution in [1.82, 2.24) is 0 Å². The lowest BCUT2D eigenvalue weighted by Crippen LogP contribution is -2.22. The van der Waals surface area contributed by atoms with Crippen LogP contribution in [-0.2, 0) is 15.9 Å². The fourth-order valence-electron chi connectivity index (χ4n) is 4.23. The second-order valence-corrected chi connectivity index (χ2v) is 24.3. The Hall–Kier alpha value is -3.05. The zero-order chi connectivity index (χ0) is 31.3. The summed E-state index contributed by atoms with van der Waals surface area (Å²) in [6, 6.07) is 22.5. The standard InChI is InChI=1S/C35H50O6Si2/c1-36-34-25-31(40-26-38-18-20-42(3,4)5)24-30(32(34)22-28-12-10-9-11-13-28)16-14-29-15-17-33(35(23-29)37-2)41-27-39-19-21-43(6,7)8/h9-17,23-25H,18-22,26-27H2,1-8H3. The summed E-state index contributed by atoms with van der Waals surface area (Å²) >= 11 is 0. The Morgan fingerprint density at radius 3 is 1.86 bits per heavy atom. The van der Waals surface area contributed by atoms with E-state index in [1.54, 1.807) is 14.2 Å². The molecular formula is C35H50O6Si2.